The van der Waals surface area contributed by atoms with Gasteiger partial charge in [0.05, 0.1) is 12.4 Å². The molecule has 1 aromatic carbocycles. The molecule has 2 aromatic rings. The summed E-state index contributed by atoms with van der Waals surface area (Å²) in [4.78, 5) is 12.2. The monoisotopic (exact) mass is 343 g/mol. The number of nitrogens with zero attached hydrogens (tertiary/aromatic N) is 2. The first-order valence-corrected chi connectivity index (χ1v) is 8.77. The Bertz CT molecular complexity index is 678. The molecular weight excluding hydrogens is 318 g/mol. The number of hydrogen-bond acceptors (Lipinski definition) is 4. The summed E-state index contributed by atoms with van der Waals surface area (Å²) in [5, 5.41) is 7.16. The summed E-state index contributed by atoms with van der Waals surface area (Å²) in [6.45, 7) is 4.81. The summed E-state index contributed by atoms with van der Waals surface area (Å²) in [7, 11) is 0. The summed E-state index contributed by atoms with van der Waals surface area (Å²) in [6.07, 6.45) is 5.22. The van der Waals surface area contributed by atoms with E-state index in [9.17, 15) is 4.79 Å². The van der Waals surface area contributed by atoms with Gasteiger partial charge in [0, 0.05) is 31.7 Å². The van der Waals surface area contributed by atoms with Gasteiger partial charge in [0.1, 0.15) is 0 Å². The molecule has 1 aliphatic heterocycles. The van der Waals surface area contributed by atoms with Gasteiger partial charge in [-0.25, -0.2) is 0 Å². The van der Waals surface area contributed by atoms with E-state index in [1.165, 1.54) is 5.56 Å². The van der Waals surface area contributed by atoms with Crippen LogP contribution in [0.2, 0.25) is 0 Å². The van der Waals surface area contributed by atoms with Gasteiger partial charge in [-0.3, -0.25) is 9.48 Å². The van der Waals surface area contributed by atoms with Gasteiger partial charge in [0.25, 0.3) is 5.91 Å². The van der Waals surface area contributed by atoms with Crippen molar-refractivity contribution in [3.05, 3.63) is 48.3 Å². The van der Waals surface area contributed by atoms with Crippen LogP contribution >= 0.6 is 0 Å². The van der Waals surface area contributed by atoms with Crippen LogP contribution in [-0.2, 0) is 21.5 Å². The van der Waals surface area contributed by atoms with Crippen molar-refractivity contribution in [1.29, 1.82) is 0 Å². The number of nitrogens with one attached hydrogen (secondary N) is 1. The highest BCUT2D eigenvalue weighted by atomic mass is 16.5. The molecule has 0 saturated carbocycles. The standard InChI is InChI=1S/C19H25N3O3/c1-2-22-13-17(12-21-22)25-14-18(23)20-15-19(8-10-24-11-9-19)16-6-4-3-5-7-16/h3-7,12-13H,2,8-11,14-15H2,1H3,(H,20,23). The minimum atomic E-state index is -0.119. The Hall–Kier alpha value is -2.34. The van der Waals surface area contributed by atoms with E-state index >= 15 is 0 Å². The van der Waals surface area contributed by atoms with Crippen LogP contribution in [0.5, 0.6) is 5.75 Å². The highest BCUT2D eigenvalue weighted by Crippen LogP contribution is 2.34. The third kappa shape index (κ3) is 4.39. The molecular formula is C19H25N3O3. The van der Waals surface area contributed by atoms with Crippen LogP contribution in [0.4, 0.5) is 0 Å². The molecule has 0 radical (unpaired) electrons. The quantitative estimate of drug-likeness (QED) is 0.837. The number of carbonyl (C=O) groups excluding carboxylic acids is 1. The maximum absolute atomic E-state index is 12.2. The number of carbonyl (C=O) groups is 1. The average Bonchev–Trinajstić information content (AvgIpc) is 3.14. The fraction of sp³-hybridized carbons (Fsp3) is 0.474. The molecule has 1 amide bonds. The van der Waals surface area contributed by atoms with Gasteiger partial charge in [-0.2, -0.15) is 5.10 Å². The fourth-order valence-corrected chi connectivity index (χ4v) is 3.18. The van der Waals surface area contributed by atoms with Crippen LogP contribution in [0.25, 0.3) is 0 Å². The van der Waals surface area contributed by atoms with Crippen molar-refractivity contribution in [1.82, 2.24) is 15.1 Å². The van der Waals surface area contributed by atoms with Crippen molar-refractivity contribution >= 4 is 5.91 Å². The SMILES string of the molecule is CCn1cc(OCC(=O)NCC2(c3ccccc3)CCOCC2)cn1. The summed E-state index contributed by atoms with van der Waals surface area (Å²) >= 11 is 0. The number of aromatic nitrogens is 2. The molecule has 1 aromatic heterocycles. The highest BCUT2D eigenvalue weighted by molar-refractivity contribution is 5.77. The lowest BCUT2D eigenvalue weighted by atomic mass is 9.74. The number of rotatable bonds is 7. The van der Waals surface area contributed by atoms with Crippen LogP contribution in [0.1, 0.15) is 25.3 Å². The zero-order chi connectivity index (χ0) is 17.5. The smallest absolute Gasteiger partial charge is 0.257 e. The Morgan fingerprint density at radius 1 is 1.32 bits per heavy atom. The summed E-state index contributed by atoms with van der Waals surface area (Å²) in [5.41, 5.74) is 1.19. The van der Waals surface area contributed by atoms with Crippen LogP contribution in [-0.4, -0.2) is 42.1 Å². The van der Waals surface area contributed by atoms with Crippen LogP contribution in [0.3, 0.4) is 0 Å². The molecule has 0 spiro atoms. The molecule has 1 fully saturated rings. The van der Waals surface area contributed by atoms with Crippen molar-refractivity contribution < 1.29 is 14.3 Å². The first-order chi connectivity index (χ1) is 12.2. The van der Waals surface area contributed by atoms with E-state index in [1.54, 1.807) is 17.1 Å². The molecule has 0 bridgehead atoms. The van der Waals surface area contributed by atoms with Gasteiger partial charge in [-0.15, -0.1) is 0 Å². The molecule has 0 unspecified atom stereocenters. The lowest BCUT2D eigenvalue weighted by Crippen LogP contribution is -2.45. The van der Waals surface area contributed by atoms with E-state index in [2.05, 4.69) is 22.5 Å². The molecule has 1 saturated heterocycles. The maximum Gasteiger partial charge on any atom is 0.257 e. The fourth-order valence-electron chi connectivity index (χ4n) is 3.18. The van der Waals surface area contributed by atoms with Gasteiger partial charge in [-0.05, 0) is 25.3 Å². The second kappa shape index (κ2) is 8.16. The highest BCUT2D eigenvalue weighted by Gasteiger charge is 2.34. The normalized spacial score (nSPS) is 16.4. The Morgan fingerprint density at radius 2 is 2.08 bits per heavy atom. The van der Waals surface area contributed by atoms with E-state index in [4.69, 9.17) is 9.47 Å². The third-order valence-corrected chi connectivity index (χ3v) is 4.76. The number of hydrogen-bond donors (Lipinski definition) is 1. The first kappa shape index (κ1) is 17.5. The van der Waals surface area contributed by atoms with Crippen molar-refractivity contribution in [2.75, 3.05) is 26.4 Å². The molecule has 1 aliphatic rings. The van der Waals surface area contributed by atoms with Crippen molar-refractivity contribution in [3.63, 3.8) is 0 Å². The topological polar surface area (TPSA) is 65.4 Å². The molecule has 6 nitrogen and oxygen atoms in total. The van der Waals surface area contributed by atoms with Crippen molar-refractivity contribution in [3.8, 4) is 5.75 Å². The van der Waals surface area contributed by atoms with E-state index in [-0.39, 0.29) is 17.9 Å². The van der Waals surface area contributed by atoms with Crippen molar-refractivity contribution in [2.45, 2.75) is 31.7 Å². The predicted molar refractivity (Wildman–Crippen MR) is 94.6 cm³/mol. The minimum Gasteiger partial charge on any atom is -0.480 e. The van der Waals surface area contributed by atoms with Gasteiger partial charge in [0.15, 0.2) is 12.4 Å². The molecule has 3 rings (SSSR count). The number of aryl methyl sites for hydroxylation is 1. The van der Waals surface area contributed by atoms with Gasteiger partial charge >= 0.3 is 0 Å². The Balaban J connectivity index is 1.56. The van der Waals surface area contributed by atoms with Crippen LogP contribution in [0.15, 0.2) is 42.7 Å². The average molecular weight is 343 g/mol. The third-order valence-electron chi connectivity index (χ3n) is 4.76. The molecule has 1 N–H and O–H groups in total. The molecule has 25 heavy (non-hydrogen) atoms. The summed E-state index contributed by atoms with van der Waals surface area (Å²) in [5.74, 6) is 0.492. The number of ether oxygens (including phenoxy) is 2. The lowest BCUT2D eigenvalue weighted by Gasteiger charge is -2.38. The zero-order valence-corrected chi connectivity index (χ0v) is 14.6. The van der Waals surface area contributed by atoms with E-state index in [0.717, 1.165) is 32.6 Å². The lowest BCUT2D eigenvalue weighted by molar-refractivity contribution is -0.123. The van der Waals surface area contributed by atoms with E-state index in [0.29, 0.717) is 12.3 Å². The number of amides is 1. The predicted octanol–water partition coefficient (Wildman–Crippen LogP) is 2.15. The molecule has 6 heteroatoms. The van der Waals surface area contributed by atoms with E-state index in [1.807, 2.05) is 25.1 Å². The van der Waals surface area contributed by atoms with Crippen molar-refractivity contribution in [2.24, 2.45) is 0 Å². The summed E-state index contributed by atoms with van der Waals surface area (Å²) in [6, 6.07) is 10.4. The number of benzene rings is 1. The maximum atomic E-state index is 12.2. The van der Waals surface area contributed by atoms with Gasteiger partial charge in [-0.1, -0.05) is 30.3 Å². The van der Waals surface area contributed by atoms with Gasteiger partial charge in [0.2, 0.25) is 0 Å². The van der Waals surface area contributed by atoms with E-state index < -0.39 is 0 Å². The molecule has 0 atom stereocenters. The van der Waals surface area contributed by atoms with Gasteiger partial charge < -0.3 is 14.8 Å². The summed E-state index contributed by atoms with van der Waals surface area (Å²) < 4.78 is 12.8. The Morgan fingerprint density at radius 3 is 2.76 bits per heavy atom. The molecule has 2 heterocycles. The first-order valence-electron chi connectivity index (χ1n) is 8.77. The van der Waals surface area contributed by atoms with Crippen LogP contribution < -0.4 is 10.1 Å². The largest absolute Gasteiger partial charge is 0.480 e. The molecule has 134 valence electrons. The van der Waals surface area contributed by atoms with Crippen LogP contribution in [0, 0.1) is 0 Å². The minimum absolute atomic E-state index is 0.00320. The Kier molecular flexibility index (Phi) is 5.71. The second-order valence-electron chi connectivity index (χ2n) is 6.36. The Labute approximate surface area is 148 Å². The molecule has 0 aliphatic carbocycles. The zero-order valence-electron chi connectivity index (χ0n) is 14.6. The second-order valence-corrected chi connectivity index (χ2v) is 6.36.